The molecule has 0 saturated heterocycles. The second-order valence-corrected chi connectivity index (χ2v) is 7.37. The molecule has 1 amide bonds. The molecule has 2 unspecified atom stereocenters. The second kappa shape index (κ2) is 6.07. The molecule has 3 N–H and O–H groups in total. The first kappa shape index (κ1) is 16.5. The van der Waals surface area contributed by atoms with Gasteiger partial charge in [-0.1, -0.05) is 6.42 Å². The number of carbonyl (C=O) groups is 1. The van der Waals surface area contributed by atoms with Gasteiger partial charge in [0.2, 0.25) is 0 Å². The van der Waals surface area contributed by atoms with Crippen LogP contribution in [-0.2, 0) is 4.74 Å². The normalized spacial score (nSPS) is 23.9. The van der Waals surface area contributed by atoms with Crippen LogP contribution < -0.4 is 10.9 Å². The minimum Gasteiger partial charge on any atom is -0.378 e. The highest BCUT2D eigenvalue weighted by Gasteiger charge is 2.59. The van der Waals surface area contributed by atoms with Crippen LogP contribution >= 0.6 is 12.2 Å². The highest BCUT2D eigenvalue weighted by Crippen LogP contribution is 2.57. The number of hydrogen-bond donors (Lipinski definition) is 3. The molecule has 1 aromatic carbocycles. The Labute approximate surface area is 150 Å². The Hall–Kier alpha value is -1.99. The number of rotatable bonds is 4. The second-order valence-electron chi connectivity index (χ2n) is 6.96. The van der Waals surface area contributed by atoms with Gasteiger partial charge in [0.25, 0.3) is 11.5 Å². The fraction of sp³-hybridized carbons (Fsp3) is 0.500. The minimum atomic E-state index is -0.252. The number of H-pyrrole nitrogens is 2. The number of hydrogen-bond acceptors (Lipinski definition) is 4. The minimum absolute atomic E-state index is 0.118. The van der Waals surface area contributed by atoms with Gasteiger partial charge in [-0.2, -0.15) is 0 Å². The van der Waals surface area contributed by atoms with E-state index in [0.29, 0.717) is 23.1 Å². The lowest BCUT2D eigenvalue weighted by Gasteiger charge is -2.61. The van der Waals surface area contributed by atoms with Gasteiger partial charge in [-0.25, -0.2) is 0 Å². The van der Waals surface area contributed by atoms with Crippen LogP contribution in [0.25, 0.3) is 10.9 Å². The van der Waals surface area contributed by atoms with Crippen LogP contribution in [0.15, 0.2) is 23.0 Å². The molecule has 6 nitrogen and oxygen atoms in total. The number of fused-ring (bicyclic) bond motifs is 1. The van der Waals surface area contributed by atoms with E-state index in [-0.39, 0.29) is 33.8 Å². The van der Waals surface area contributed by atoms with Gasteiger partial charge < -0.3 is 15.0 Å². The molecule has 2 saturated carbocycles. The molecular weight excluding hydrogens is 338 g/mol. The molecule has 1 aromatic heterocycles. The summed E-state index contributed by atoms with van der Waals surface area (Å²) in [7, 11) is 0. The fourth-order valence-electron chi connectivity index (χ4n) is 4.19. The third-order valence-electron chi connectivity index (χ3n) is 5.74. The van der Waals surface area contributed by atoms with E-state index < -0.39 is 0 Å². The number of amides is 1. The van der Waals surface area contributed by atoms with Crippen molar-refractivity contribution in [3.63, 3.8) is 0 Å². The van der Waals surface area contributed by atoms with E-state index in [1.807, 2.05) is 6.92 Å². The number of aromatic amines is 2. The molecule has 2 atom stereocenters. The van der Waals surface area contributed by atoms with Crippen molar-refractivity contribution in [3.8, 4) is 0 Å². The van der Waals surface area contributed by atoms with Gasteiger partial charge in [0.1, 0.15) is 0 Å². The predicted molar refractivity (Wildman–Crippen MR) is 97.3 cm³/mol. The molecule has 2 aliphatic carbocycles. The summed E-state index contributed by atoms with van der Waals surface area (Å²) >= 11 is 5.00. The van der Waals surface area contributed by atoms with Gasteiger partial charge in [-0.15, -0.1) is 0 Å². The quantitative estimate of drug-likeness (QED) is 0.733. The molecule has 0 aliphatic heterocycles. The summed E-state index contributed by atoms with van der Waals surface area (Å²) in [5.74, 6) is -0.118. The molecule has 0 bridgehead atoms. The van der Waals surface area contributed by atoms with Crippen LogP contribution in [0.4, 0.5) is 0 Å². The van der Waals surface area contributed by atoms with E-state index in [1.54, 1.807) is 18.2 Å². The molecule has 2 aliphatic rings. The average molecular weight is 359 g/mol. The Morgan fingerprint density at radius 2 is 2.20 bits per heavy atom. The van der Waals surface area contributed by atoms with Crippen molar-refractivity contribution in [1.29, 1.82) is 0 Å². The zero-order valence-corrected chi connectivity index (χ0v) is 14.9. The van der Waals surface area contributed by atoms with E-state index in [0.717, 1.165) is 19.3 Å². The van der Waals surface area contributed by atoms with Gasteiger partial charge in [0.15, 0.2) is 4.77 Å². The molecule has 132 valence electrons. The van der Waals surface area contributed by atoms with E-state index in [1.165, 1.54) is 6.42 Å². The standard InChI is InChI=1S/C18H21N3O3S/c1-2-24-14-9-13(18(14)6-3-7-18)20-15(22)10-4-5-11-12(8-10)19-17(25)21-16(11)23/h4-5,8,13-14H,2-3,6-7,9H2,1H3,(H,20,22)(H2,19,21,23,25). The molecule has 2 fully saturated rings. The van der Waals surface area contributed by atoms with Crippen LogP contribution in [0.2, 0.25) is 0 Å². The molecule has 0 radical (unpaired) electrons. The zero-order chi connectivity index (χ0) is 17.6. The van der Waals surface area contributed by atoms with Crippen molar-refractivity contribution in [1.82, 2.24) is 15.3 Å². The third kappa shape index (κ3) is 2.62. The highest BCUT2D eigenvalue weighted by atomic mass is 32.1. The van der Waals surface area contributed by atoms with Gasteiger partial charge in [-0.3, -0.25) is 14.6 Å². The van der Waals surface area contributed by atoms with Crippen molar-refractivity contribution in [2.75, 3.05) is 6.61 Å². The maximum absolute atomic E-state index is 12.7. The summed E-state index contributed by atoms with van der Waals surface area (Å²) in [6, 6.07) is 5.17. The Morgan fingerprint density at radius 1 is 1.40 bits per heavy atom. The van der Waals surface area contributed by atoms with E-state index in [4.69, 9.17) is 17.0 Å². The third-order valence-corrected chi connectivity index (χ3v) is 5.95. The molecule has 1 spiro atoms. The van der Waals surface area contributed by atoms with Crippen molar-refractivity contribution in [2.45, 2.75) is 44.8 Å². The molecule has 1 heterocycles. The fourth-order valence-corrected chi connectivity index (χ4v) is 4.40. The van der Waals surface area contributed by atoms with Crippen molar-refractivity contribution in [2.24, 2.45) is 5.41 Å². The first-order chi connectivity index (χ1) is 12.0. The SMILES string of the molecule is CCOC1CC(NC(=O)c2ccc3c(=O)[nH]c(=S)[nH]c3c2)C12CCC2. The van der Waals surface area contributed by atoms with Gasteiger partial charge in [0.05, 0.1) is 17.0 Å². The summed E-state index contributed by atoms with van der Waals surface area (Å²) in [6.45, 7) is 2.73. The first-order valence-corrected chi connectivity index (χ1v) is 9.13. The van der Waals surface area contributed by atoms with Crippen LogP contribution in [0.3, 0.4) is 0 Å². The van der Waals surface area contributed by atoms with Crippen LogP contribution in [0.5, 0.6) is 0 Å². The summed E-state index contributed by atoms with van der Waals surface area (Å²) in [5.41, 5.74) is 0.968. The monoisotopic (exact) mass is 359 g/mol. The lowest BCUT2D eigenvalue weighted by Crippen LogP contribution is -2.67. The first-order valence-electron chi connectivity index (χ1n) is 8.72. The average Bonchev–Trinajstić information content (AvgIpc) is 2.51. The van der Waals surface area contributed by atoms with Gasteiger partial charge in [-0.05, 0) is 56.6 Å². The number of benzene rings is 1. The van der Waals surface area contributed by atoms with Crippen LogP contribution in [-0.4, -0.2) is 34.6 Å². The molecule has 25 heavy (non-hydrogen) atoms. The largest absolute Gasteiger partial charge is 0.378 e. The Balaban J connectivity index is 1.55. The lowest BCUT2D eigenvalue weighted by atomic mass is 9.51. The predicted octanol–water partition coefficient (Wildman–Crippen LogP) is 2.66. The zero-order valence-electron chi connectivity index (χ0n) is 14.1. The molecule has 4 rings (SSSR count). The van der Waals surface area contributed by atoms with E-state index >= 15 is 0 Å². The van der Waals surface area contributed by atoms with Crippen LogP contribution in [0.1, 0.15) is 43.0 Å². The number of nitrogens with one attached hydrogen (secondary N) is 3. The van der Waals surface area contributed by atoms with E-state index in [2.05, 4.69) is 15.3 Å². The number of carbonyl (C=O) groups excluding carboxylic acids is 1. The Kier molecular flexibility index (Phi) is 4.00. The van der Waals surface area contributed by atoms with E-state index in [9.17, 15) is 9.59 Å². The number of aromatic nitrogens is 2. The van der Waals surface area contributed by atoms with Crippen molar-refractivity contribution < 1.29 is 9.53 Å². The topological polar surface area (TPSA) is 87.0 Å². The summed E-state index contributed by atoms with van der Waals surface area (Å²) in [6.07, 6.45) is 4.56. The lowest BCUT2D eigenvalue weighted by molar-refractivity contribution is -0.169. The van der Waals surface area contributed by atoms with Gasteiger partial charge in [0, 0.05) is 23.6 Å². The highest BCUT2D eigenvalue weighted by molar-refractivity contribution is 7.71. The maximum atomic E-state index is 12.7. The van der Waals surface area contributed by atoms with Gasteiger partial charge >= 0.3 is 0 Å². The molecule has 7 heteroatoms. The molecular formula is C18H21N3O3S. The van der Waals surface area contributed by atoms with Crippen LogP contribution in [0, 0.1) is 10.2 Å². The smallest absolute Gasteiger partial charge is 0.259 e. The summed E-state index contributed by atoms with van der Waals surface area (Å²) in [4.78, 5) is 30.0. The molecule has 2 aromatic rings. The Morgan fingerprint density at radius 3 is 2.88 bits per heavy atom. The maximum Gasteiger partial charge on any atom is 0.259 e. The summed E-state index contributed by atoms with van der Waals surface area (Å²) in [5, 5.41) is 3.65. The van der Waals surface area contributed by atoms with Crippen molar-refractivity contribution in [3.05, 3.63) is 38.9 Å². The summed E-state index contributed by atoms with van der Waals surface area (Å²) < 4.78 is 6.08. The van der Waals surface area contributed by atoms with Crippen molar-refractivity contribution >= 4 is 29.0 Å². The Bertz CT molecular complexity index is 944. The number of ether oxygens (including phenoxy) is 1.